The molecule has 1 unspecified atom stereocenters. The van der Waals surface area contributed by atoms with Gasteiger partial charge in [0.1, 0.15) is 11.5 Å². The number of para-hydroxylation sites is 3. The number of carbonyl (C=O) groups is 1. The van der Waals surface area contributed by atoms with Gasteiger partial charge in [-0.3, -0.25) is 4.79 Å². The summed E-state index contributed by atoms with van der Waals surface area (Å²) < 4.78 is 16.2. The van der Waals surface area contributed by atoms with Gasteiger partial charge < -0.3 is 18.9 Å². The fourth-order valence-electron chi connectivity index (χ4n) is 3.30. The summed E-state index contributed by atoms with van der Waals surface area (Å²) in [5.41, 5.74) is 1.50. The molecule has 1 aliphatic rings. The van der Waals surface area contributed by atoms with Crippen LogP contribution in [0.4, 0.5) is 5.69 Å². The normalized spacial score (nSPS) is 16.6. The summed E-state index contributed by atoms with van der Waals surface area (Å²) in [4.78, 5) is 18.8. The number of amides is 1. The molecular weight excluding hydrogens is 346 g/mol. The van der Waals surface area contributed by atoms with E-state index in [-0.39, 0.29) is 11.8 Å². The van der Waals surface area contributed by atoms with Gasteiger partial charge in [0.15, 0.2) is 0 Å². The van der Waals surface area contributed by atoms with Crippen molar-refractivity contribution in [2.24, 2.45) is 0 Å². The third-order valence-electron chi connectivity index (χ3n) is 4.64. The van der Waals surface area contributed by atoms with E-state index in [1.54, 1.807) is 19.1 Å². The molecule has 138 valence electrons. The predicted molar refractivity (Wildman–Crippen MR) is 99.0 cm³/mol. The van der Waals surface area contributed by atoms with Gasteiger partial charge in [-0.15, -0.1) is 0 Å². The van der Waals surface area contributed by atoms with E-state index < -0.39 is 0 Å². The standard InChI is InChI=1S/C20H19N3O4/c1-25-16-9-5-3-7-14(16)19-21-20(27-22-19)13-11-18(24)23(12-13)15-8-4-6-10-17(15)26-2/h3-10,13H,11-12H2,1-2H3. The highest BCUT2D eigenvalue weighted by Gasteiger charge is 2.36. The molecule has 0 N–H and O–H groups in total. The van der Waals surface area contributed by atoms with E-state index in [0.717, 1.165) is 11.3 Å². The number of carbonyl (C=O) groups excluding carboxylic acids is 1. The molecule has 0 spiro atoms. The van der Waals surface area contributed by atoms with Crippen LogP contribution in [0, 0.1) is 0 Å². The zero-order valence-electron chi connectivity index (χ0n) is 15.1. The molecule has 2 heterocycles. The van der Waals surface area contributed by atoms with E-state index in [1.807, 2.05) is 48.5 Å². The molecule has 0 radical (unpaired) electrons. The molecule has 7 nitrogen and oxygen atoms in total. The lowest BCUT2D eigenvalue weighted by Gasteiger charge is -2.18. The van der Waals surface area contributed by atoms with Gasteiger partial charge in [-0.1, -0.05) is 29.4 Å². The van der Waals surface area contributed by atoms with Crippen LogP contribution in [0.5, 0.6) is 11.5 Å². The first-order valence-corrected chi connectivity index (χ1v) is 8.61. The van der Waals surface area contributed by atoms with Crippen LogP contribution in [-0.4, -0.2) is 36.8 Å². The van der Waals surface area contributed by atoms with Crippen molar-refractivity contribution in [1.82, 2.24) is 10.1 Å². The summed E-state index contributed by atoms with van der Waals surface area (Å²) in [6.45, 7) is 0.465. The maximum Gasteiger partial charge on any atom is 0.232 e. The third kappa shape index (κ3) is 3.12. The first-order valence-electron chi connectivity index (χ1n) is 8.61. The van der Waals surface area contributed by atoms with Crippen LogP contribution in [0.2, 0.25) is 0 Å². The van der Waals surface area contributed by atoms with E-state index in [4.69, 9.17) is 14.0 Å². The highest BCUT2D eigenvalue weighted by molar-refractivity contribution is 5.97. The molecule has 1 aliphatic heterocycles. The van der Waals surface area contributed by atoms with Crippen molar-refractivity contribution >= 4 is 11.6 Å². The average molecular weight is 365 g/mol. The van der Waals surface area contributed by atoms with Crippen LogP contribution in [0.25, 0.3) is 11.4 Å². The molecule has 0 saturated carbocycles. The molecule has 1 aromatic heterocycles. The van der Waals surface area contributed by atoms with Gasteiger partial charge in [-0.05, 0) is 24.3 Å². The molecule has 1 fully saturated rings. The molecule has 0 aliphatic carbocycles. The van der Waals surface area contributed by atoms with Crippen LogP contribution < -0.4 is 14.4 Å². The van der Waals surface area contributed by atoms with Crippen LogP contribution >= 0.6 is 0 Å². The molecule has 1 atom stereocenters. The Morgan fingerprint density at radius 1 is 1.04 bits per heavy atom. The minimum atomic E-state index is -0.168. The maximum atomic E-state index is 12.6. The minimum absolute atomic E-state index is 0.00143. The first-order chi connectivity index (χ1) is 13.2. The van der Waals surface area contributed by atoms with Gasteiger partial charge in [0, 0.05) is 13.0 Å². The molecule has 0 bridgehead atoms. The minimum Gasteiger partial charge on any atom is -0.496 e. The lowest BCUT2D eigenvalue weighted by Crippen LogP contribution is -2.24. The summed E-state index contributed by atoms with van der Waals surface area (Å²) in [5.74, 6) is 2.06. The summed E-state index contributed by atoms with van der Waals surface area (Å²) in [7, 11) is 3.19. The Labute approximate surface area is 156 Å². The fraction of sp³-hybridized carbons (Fsp3) is 0.250. The second kappa shape index (κ2) is 7.11. The molecule has 1 amide bonds. The van der Waals surface area contributed by atoms with Gasteiger partial charge in [0.25, 0.3) is 0 Å². The Morgan fingerprint density at radius 2 is 1.74 bits per heavy atom. The lowest BCUT2D eigenvalue weighted by molar-refractivity contribution is -0.117. The van der Waals surface area contributed by atoms with Crippen molar-refractivity contribution in [2.75, 3.05) is 25.7 Å². The van der Waals surface area contributed by atoms with Crippen LogP contribution in [0.1, 0.15) is 18.2 Å². The smallest absolute Gasteiger partial charge is 0.232 e. The number of benzene rings is 2. The number of hydrogen-bond donors (Lipinski definition) is 0. The highest BCUT2D eigenvalue weighted by Crippen LogP contribution is 2.36. The summed E-state index contributed by atoms with van der Waals surface area (Å²) in [6, 6.07) is 14.9. The molecule has 3 aromatic rings. The molecule has 1 saturated heterocycles. The van der Waals surface area contributed by atoms with E-state index in [9.17, 15) is 4.79 Å². The highest BCUT2D eigenvalue weighted by atomic mass is 16.5. The van der Waals surface area contributed by atoms with Crippen LogP contribution in [0.3, 0.4) is 0 Å². The Bertz CT molecular complexity index is 969. The van der Waals surface area contributed by atoms with Crippen LogP contribution in [0.15, 0.2) is 53.1 Å². The van der Waals surface area contributed by atoms with Crippen molar-refractivity contribution < 1.29 is 18.8 Å². The lowest BCUT2D eigenvalue weighted by atomic mass is 10.1. The Balaban J connectivity index is 1.59. The van der Waals surface area contributed by atoms with Crippen molar-refractivity contribution in [3.63, 3.8) is 0 Å². The molecular formula is C20H19N3O4. The average Bonchev–Trinajstić information content (AvgIpc) is 3.34. The quantitative estimate of drug-likeness (QED) is 0.691. The monoisotopic (exact) mass is 365 g/mol. The fourth-order valence-corrected chi connectivity index (χ4v) is 3.30. The maximum absolute atomic E-state index is 12.6. The molecule has 2 aromatic carbocycles. The second-order valence-electron chi connectivity index (χ2n) is 6.23. The van der Waals surface area contributed by atoms with Crippen molar-refractivity contribution in [3.8, 4) is 22.9 Å². The Hall–Kier alpha value is -3.35. The number of methoxy groups -OCH3 is 2. The summed E-state index contributed by atoms with van der Waals surface area (Å²) >= 11 is 0. The molecule has 4 rings (SSSR count). The number of rotatable bonds is 5. The SMILES string of the molecule is COc1ccccc1-c1noc(C2CC(=O)N(c3ccccc3OC)C2)n1. The van der Waals surface area contributed by atoms with E-state index in [0.29, 0.717) is 36.2 Å². The van der Waals surface area contributed by atoms with Crippen molar-refractivity contribution in [1.29, 1.82) is 0 Å². The van der Waals surface area contributed by atoms with Crippen LogP contribution in [-0.2, 0) is 4.79 Å². The zero-order valence-corrected chi connectivity index (χ0v) is 15.1. The van der Waals surface area contributed by atoms with Gasteiger partial charge >= 0.3 is 0 Å². The topological polar surface area (TPSA) is 77.7 Å². The number of aromatic nitrogens is 2. The number of ether oxygens (including phenoxy) is 2. The van der Waals surface area contributed by atoms with E-state index in [1.165, 1.54) is 0 Å². The third-order valence-corrected chi connectivity index (χ3v) is 4.64. The first kappa shape index (κ1) is 17.1. The predicted octanol–water partition coefficient (Wildman–Crippen LogP) is 3.27. The van der Waals surface area contributed by atoms with Gasteiger partial charge in [0.05, 0.1) is 31.4 Å². The van der Waals surface area contributed by atoms with Crippen molar-refractivity contribution in [2.45, 2.75) is 12.3 Å². The number of nitrogens with zero attached hydrogens (tertiary/aromatic N) is 3. The Morgan fingerprint density at radius 3 is 2.52 bits per heavy atom. The van der Waals surface area contributed by atoms with Gasteiger partial charge in [-0.25, -0.2) is 0 Å². The summed E-state index contributed by atoms with van der Waals surface area (Å²) in [6.07, 6.45) is 0.311. The summed E-state index contributed by atoms with van der Waals surface area (Å²) in [5, 5.41) is 4.08. The largest absolute Gasteiger partial charge is 0.496 e. The second-order valence-corrected chi connectivity index (χ2v) is 6.23. The molecule has 7 heteroatoms. The number of hydrogen-bond acceptors (Lipinski definition) is 6. The van der Waals surface area contributed by atoms with E-state index in [2.05, 4.69) is 10.1 Å². The molecule has 27 heavy (non-hydrogen) atoms. The number of anilines is 1. The van der Waals surface area contributed by atoms with Gasteiger partial charge in [0.2, 0.25) is 17.6 Å². The van der Waals surface area contributed by atoms with Gasteiger partial charge in [-0.2, -0.15) is 4.98 Å². The van der Waals surface area contributed by atoms with Crippen molar-refractivity contribution in [3.05, 3.63) is 54.4 Å². The van der Waals surface area contributed by atoms with E-state index >= 15 is 0 Å². The zero-order chi connectivity index (χ0) is 18.8. The Kier molecular flexibility index (Phi) is 4.50.